The van der Waals surface area contributed by atoms with E-state index in [2.05, 4.69) is 51.7 Å². The van der Waals surface area contributed by atoms with Crippen molar-refractivity contribution in [1.29, 1.82) is 0 Å². The Hall–Kier alpha value is -3.42. The molecule has 3 aromatic rings. The van der Waals surface area contributed by atoms with Crippen molar-refractivity contribution < 1.29 is 4.79 Å². The van der Waals surface area contributed by atoms with Gasteiger partial charge >= 0.3 is 0 Å². The lowest BCUT2D eigenvalue weighted by Gasteiger charge is -2.17. The van der Waals surface area contributed by atoms with Gasteiger partial charge in [-0.1, -0.05) is 78.6 Å². The van der Waals surface area contributed by atoms with Crippen LogP contribution in [0.4, 0.5) is 0 Å². The van der Waals surface area contributed by atoms with Crippen molar-refractivity contribution in [2.24, 2.45) is 0 Å². The summed E-state index contributed by atoms with van der Waals surface area (Å²) in [5.41, 5.74) is 3.26. The van der Waals surface area contributed by atoms with E-state index in [9.17, 15) is 4.79 Å². The molecule has 146 valence electrons. The van der Waals surface area contributed by atoms with E-state index < -0.39 is 0 Å². The average molecular weight is 383 g/mol. The number of hydrogen-bond donors (Lipinski definition) is 2. The molecular formula is C25H25N3O. The second-order valence-corrected chi connectivity index (χ2v) is 6.63. The molecule has 0 saturated heterocycles. The Bertz CT molecular complexity index is 892. The fourth-order valence-electron chi connectivity index (χ4n) is 3.08. The predicted molar refractivity (Wildman–Crippen MR) is 116 cm³/mol. The van der Waals surface area contributed by atoms with Gasteiger partial charge in [0.15, 0.2) is 0 Å². The fourth-order valence-corrected chi connectivity index (χ4v) is 3.08. The minimum atomic E-state index is -0.00143. The number of aromatic nitrogens is 1. The van der Waals surface area contributed by atoms with Gasteiger partial charge in [0.2, 0.25) is 5.91 Å². The van der Waals surface area contributed by atoms with Gasteiger partial charge in [0.05, 0.1) is 18.8 Å². The topological polar surface area (TPSA) is 54.0 Å². The van der Waals surface area contributed by atoms with E-state index in [0.29, 0.717) is 26.1 Å². The number of carbonyl (C=O) groups is 1. The van der Waals surface area contributed by atoms with Crippen LogP contribution in [-0.4, -0.2) is 24.0 Å². The third-order valence-electron chi connectivity index (χ3n) is 4.54. The van der Waals surface area contributed by atoms with Crippen LogP contribution in [-0.2, 0) is 11.3 Å². The molecule has 0 aliphatic carbocycles. The molecule has 4 nitrogen and oxygen atoms in total. The van der Waals surface area contributed by atoms with Crippen molar-refractivity contribution in [3.8, 4) is 11.8 Å². The second kappa shape index (κ2) is 11.4. The summed E-state index contributed by atoms with van der Waals surface area (Å²) in [6, 6.07) is 26.1. The molecule has 3 rings (SSSR count). The van der Waals surface area contributed by atoms with E-state index in [1.807, 2.05) is 54.6 Å². The van der Waals surface area contributed by atoms with Crippen LogP contribution in [0.2, 0.25) is 0 Å². The summed E-state index contributed by atoms with van der Waals surface area (Å²) in [6.07, 6.45) is 2.17. The zero-order valence-electron chi connectivity index (χ0n) is 16.3. The minimum Gasteiger partial charge on any atom is -0.345 e. The van der Waals surface area contributed by atoms with E-state index in [0.717, 1.165) is 16.8 Å². The Balaban J connectivity index is 1.46. The summed E-state index contributed by atoms with van der Waals surface area (Å²) in [5.74, 6) is 6.05. The van der Waals surface area contributed by atoms with Crippen LogP contribution in [0.1, 0.15) is 29.2 Å². The first kappa shape index (κ1) is 20.3. The number of hydrogen-bond acceptors (Lipinski definition) is 3. The molecule has 0 radical (unpaired) electrons. The van der Waals surface area contributed by atoms with Crippen molar-refractivity contribution in [3.63, 3.8) is 0 Å². The maximum absolute atomic E-state index is 12.5. The largest absolute Gasteiger partial charge is 0.345 e. The van der Waals surface area contributed by atoms with Gasteiger partial charge in [-0.15, -0.1) is 0 Å². The zero-order chi connectivity index (χ0) is 20.2. The van der Waals surface area contributed by atoms with Crippen molar-refractivity contribution in [2.75, 3.05) is 13.1 Å². The van der Waals surface area contributed by atoms with Crippen molar-refractivity contribution in [3.05, 3.63) is 102 Å². The highest BCUT2D eigenvalue weighted by atomic mass is 16.1. The zero-order valence-corrected chi connectivity index (χ0v) is 16.3. The number of nitrogens with zero attached hydrogens (tertiary/aromatic N) is 1. The van der Waals surface area contributed by atoms with E-state index in [4.69, 9.17) is 0 Å². The molecule has 0 spiro atoms. The van der Waals surface area contributed by atoms with Gasteiger partial charge in [0, 0.05) is 25.1 Å². The van der Waals surface area contributed by atoms with Gasteiger partial charge in [-0.2, -0.15) is 0 Å². The van der Waals surface area contributed by atoms with E-state index in [1.54, 1.807) is 6.20 Å². The Morgan fingerprint density at radius 2 is 1.45 bits per heavy atom. The highest BCUT2D eigenvalue weighted by molar-refractivity contribution is 5.77. The monoisotopic (exact) mass is 383 g/mol. The molecule has 29 heavy (non-hydrogen) atoms. The third kappa shape index (κ3) is 6.91. The van der Waals surface area contributed by atoms with Crippen molar-refractivity contribution >= 4 is 5.91 Å². The molecule has 0 atom stereocenters. The standard InChI is InChI=1S/C25H25N3O/c29-25(28-18-10-9-16-26-20-23-15-7-8-17-27-23)19-24(21-11-3-1-4-12-21)22-13-5-2-6-14-22/h1-8,11-15,17,24,26H,16,18-20H2,(H,28,29). The maximum atomic E-state index is 12.5. The smallest absolute Gasteiger partial charge is 0.221 e. The SMILES string of the molecule is O=C(CC(c1ccccc1)c1ccccc1)NCC#CCNCc1ccccn1. The van der Waals surface area contributed by atoms with Gasteiger partial charge in [0.1, 0.15) is 0 Å². The first-order chi connectivity index (χ1) is 14.3. The highest BCUT2D eigenvalue weighted by Crippen LogP contribution is 2.27. The molecule has 0 aliphatic rings. The first-order valence-corrected chi connectivity index (χ1v) is 9.76. The summed E-state index contributed by atoms with van der Waals surface area (Å²) >= 11 is 0. The molecule has 2 aromatic carbocycles. The fraction of sp³-hybridized carbons (Fsp3) is 0.200. The van der Waals surface area contributed by atoms with Crippen LogP contribution in [0, 0.1) is 11.8 Å². The first-order valence-electron chi connectivity index (χ1n) is 9.76. The van der Waals surface area contributed by atoms with Crippen LogP contribution < -0.4 is 10.6 Å². The van der Waals surface area contributed by atoms with Gasteiger partial charge < -0.3 is 10.6 Å². The molecule has 0 aliphatic heterocycles. The van der Waals surface area contributed by atoms with E-state index in [-0.39, 0.29) is 11.8 Å². The molecule has 1 heterocycles. The van der Waals surface area contributed by atoms with Crippen LogP contribution in [0.3, 0.4) is 0 Å². The number of carbonyl (C=O) groups excluding carboxylic acids is 1. The second-order valence-electron chi connectivity index (χ2n) is 6.63. The van der Waals surface area contributed by atoms with E-state index >= 15 is 0 Å². The van der Waals surface area contributed by atoms with E-state index in [1.165, 1.54) is 0 Å². The summed E-state index contributed by atoms with van der Waals surface area (Å²) in [4.78, 5) is 16.7. The molecule has 1 aromatic heterocycles. The molecule has 0 fully saturated rings. The van der Waals surface area contributed by atoms with Crippen molar-refractivity contribution in [1.82, 2.24) is 15.6 Å². The Morgan fingerprint density at radius 3 is 2.07 bits per heavy atom. The molecular weight excluding hydrogens is 358 g/mol. The lowest BCUT2D eigenvalue weighted by Crippen LogP contribution is -2.26. The van der Waals surface area contributed by atoms with Crippen LogP contribution >= 0.6 is 0 Å². The number of rotatable bonds is 8. The lowest BCUT2D eigenvalue weighted by atomic mass is 9.88. The van der Waals surface area contributed by atoms with Gasteiger partial charge in [-0.05, 0) is 23.3 Å². The van der Waals surface area contributed by atoms with Crippen LogP contribution in [0.5, 0.6) is 0 Å². The predicted octanol–water partition coefficient (Wildman–Crippen LogP) is 3.51. The quantitative estimate of drug-likeness (QED) is 0.462. The van der Waals surface area contributed by atoms with Gasteiger partial charge in [0.25, 0.3) is 0 Å². The average Bonchev–Trinajstić information content (AvgIpc) is 2.79. The Kier molecular flexibility index (Phi) is 8.01. The molecule has 0 saturated carbocycles. The third-order valence-corrected chi connectivity index (χ3v) is 4.54. The van der Waals surface area contributed by atoms with Crippen LogP contribution in [0.15, 0.2) is 85.1 Å². The van der Waals surface area contributed by atoms with Crippen molar-refractivity contribution in [2.45, 2.75) is 18.9 Å². The summed E-state index contributed by atoms with van der Waals surface area (Å²) < 4.78 is 0. The normalized spacial score (nSPS) is 10.2. The summed E-state index contributed by atoms with van der Waals surface area (Å²) in [5, 5.41) is 6.12. The molecule has 0 bridgehead atoms. The molecule has 1 amide bonds. The summed E-state index contributed by atoms with van der Waals surface area (Å²) in [7, 11) is 0. The highest BCUT2D eigenvalue weighted by Gasteiger charge is 2.17. The summed E-state index contributed by atoms with van der Waals surface area (Å²) in [6.45, 7) is 1.58. The van der Waals surface area contributed by atoms with Crippen LogP contribution in [0.25, 0.3) is 0 Å². The minimum absolute atomic E-state index is 0.00143. The molecule has 2 N–H and O–H groups in total. The Labute approximate surface area is 172 Å². The molecule has 4 heteroatoms. The molecule has 0 unspecified atom stereocenters. The lowest BCUT2D eigenvalue weighted by molar-refractivity contribution is -0.121. The number of amides is 1. The van der Waals surface area contributed by atoms with Gasteiger partial charge in [-0.3, -0.25) is 9.78 Å². The maximum Gasteiger partial charge on any atom is 0.221 e. The Morgan fingerprint density at radius 1 is 0.828 bits per heavy atom. The number of pyridine rings is 1. The van der Waals surface area contributed by atoms with Gasteiger partial charge in [-0.25, -0.2) is 0 Å². The number of nitrogens with one attached hydrogen (secondary N) is 2. The number of benzene rings is 2.